The minimum Gasteiger partial charge on any atom is -0.504 e. The van der Waals surface area contributed by atoms with Crippen LogP contribution in [0.1, 0.15) is 70.0 Å². The lowest BCUT2D eigenvalue weighted by Gasteiger charge is -2.38. The van der Waals surface area contributed by atoms with Crippen LogP contribution < -0.4 is 24.0 Å². The van der Waals surface area contributed by atoms with Crippen LogP contribution >= 0.6 is 10.2 Å². The molecule has 3 aliphatic heterocycles. The van der Waals surface area contributed by atoms with E-state index < -0.39 is 33.7 Å². The Kier molecular flexibility index (Phi) is 15.2. The van der Waals surface area contributed by atoms with Gasteiger partial charge in [0.25, 0.3) is 5.24 Å². The molecule has 14 nitrogen and oxygen atoms in total. The zero-order valence-electron chi connectivity index (χ0n) is 40.5. The minimum absolute atomic E-state index is 0.00830. The number of carbonyl (C=O) groups excluding carboxylic acids is 1. The third kappa shape index (κ3) is 11.0. The minimum atomic E-state index is -2.39. The van der Waals surface area contributed by atoms with Crippen molar-refractivity contribution in [2.45, 2.75) is 88.3 Å². The molecule has 376 valence electrons. The first-order valence-corrected chi connectivity index (χ1v) is 26.3. The van der Waals surface area contributed by atoms with E-state index >= 15 is 9.18 Å². The van der Waals surface area contributed by atoms with Gasteiger partial charge in [-0.05, 0) is 117 Å². The Balaban J connectivity index is 0.844. The van der Waals surface area contributed by atoms with Gasteiger partial charge in [0.05, 0.1) is 25.8 Å². The number of nitrogens with one attached hydrogen (secondary N) is 1. The van der Waals surface area contributed by atoms with Gasteiger partial charge < -0.3 is 48.6 Å². The Morgan fingerprint density at radius 3 is 2.14 bits per heavy atom. The molecule has 0 saturated carbocycles. The number of phenols is 2. The number of amides is 1. The van der Waals surface area contributed by atoms with E-state index in [1.165, 1.54) is 54.8 Å². The van der Waals surface area contributed by atoms with Crippen molar-refractivity contribution in [1.29, 1.82) is 0 Å². The fraction of sp³-hybridized carbons (Fsp3) is 0.389. The van der Waals surface area contributed by atoms with Gasteiger partial charge in [0.2, 0.25) is 0 Å². The Morgan fingerprint density at radius 2 is 1.49 bits per heavy atom. The van der Waals surface area contributed by atoms with Gasteiger partial charge in [0.1, 0.15) is 48.0 Å². The molecule has 4 atom stereocenters. The SMILES string of the molecule is CCCCCCCOc1ccc(NS2(c3ccc(N4CCN(c5ccc(OC[C@H]6OC[C@](Cn7cncn7)(c7ccc(F)cc7F)O6)cc5)CC4)cc3)CC(c3ccc(O)c(O)c3)N(C(C)C)C2=O)cc1. The second-order valence-electron chi connectivity index (χ2n) is 18.7. The summed E-state index contributed by atoms with van der Waals surface area (Å²) >= 11 is 0. The van der Waals surface area contributed by atoms with Gasteiger partial charge in [-0.15, -0.1) is 0 Å². The zero-order valence-corrected chi connectivity index (χ0v) is 41.3. The van der Waals surface area contributed by atoms with Gasteiger partial charge in [-0.1, -0.05) is 55.0 Å². The number of halogens is 2. The topological polar surface area (TPSA) is 147 Å². The number of phenolic OH excluding ortho intramolecular Hbond substituents is 2. The predicted octanol–water partition coefficient (Wildman–Crippen LogP) is 10.8. The fourth-order valence-electron chi connectivity index (χ4n) is 9.73. The van der Waals surface area contributed by atoms with Crippen LogP contribution in [0, 0.1) is 11.6 Å². The van der Waals surface area contributed by atoms with E-state index in [9.17, 15) is 14.6 Å². The van der Waals surface area contributed by atoms with Crippen molar-refractivity contribution in [2.75, 3.05) is 66.3 Å². The summed E-state index contributed by atoms with van der Waals surface area (Å²) in [5.41, 5.74) is 2.61. The Morgan fingerprint density at radius 1 is 0.817 bits per heavy atom. The van der Waals surface area contributed by atoms with Crippen molar-refractivity contribution in [1.82, 2.24) is 19.7 Å². The monoisotopic (exact) mass is 991 g/mol. The summed E-state index contributed by atoms with van der Waals surface area (Å²) in [6.07, 6.45) is 7.88. The first-order chi connectivity index (χ1) is 34.4. The van der Waals surface area contributed by atoms with Crippen molar-refractivity contribution >= 4 is 32.5 Å². The number of anilines is 3. The van der Waals surface area contributed by atoms with Crippen molar-refractivity contribution in [2.24, 2.45) is 0 Å². The van der Waals surface area contributed by atoms with Crippen LogP contribution in [-0.4, -0.2) is 99.2 Å². The number of aromatic nitrogens is 3. The quantitative estimate of drug-likeness (QED) is 0.0494. The fourth-order valence-corrected chi connectivity index (χ4v) is 13.2. The lowest BCUT2D eigenvalue weighted by atomic mass is 9.94. The molecule has 3 N–H and O–H groups in total. The molecular weight excluding hydrogens is 929 g/mol. The summed E-state index contributed by atoms with van der Waals surface area (Å²) in [4.78, 5) is 26.6. The molecule has 4 heterocycles. The van der Waals surface area contributed by atoms with Gasteiger partial charge >= 0.3 is 0 Å². The maximum atomic E-state index is 15.1. The molecule has 2 unspecified atom stereocenters. The second kappa shape index (κ2) is 21.8. The average Bonchev–Trinajstić information content (AvgIpc) is 4.12. The predicted molar refractivity (Wildman–Crippen MR) is 272 cm³/mol. The molecule has 9 rings (SSSR count). The number of unbranched alkanes of at least 4 members (excludes halogenated alkanes) is 4. The van der Waals surface area contributed by atoms with Crippen molar-refractivity contribution in [3.63, 3.8) is 0 Å². The molecular formula is C54H63F2N7O7S. The molecule has 3 saturated heterocycles. The number of rotatable bonds is 20. The third-order valence-electron chi connectivity index (χ3n) is 13.5. The summed E-state index contributed by atoms with van der Waals surface area (Å²) in [5.74, 6) is 0.0426. The zero-order chi connectivity index (χ0) is 49.5. The van der Waals surface area contributed by atoms with Crippen molar-refractivity contribution < 1.29 is 42.7 Å². The summed E-state index contributed by atoms with van der Waals surface area (Å²) in [7, 11) is -2.39. The highest BCUT2D eigenvalue weighted by molar-refractivity contribution is 8.46. The third-order valence-corrected chi connectivity index (χ3v) is 16.8. The van der Waals surface area contributed by atoms with Crippen LogP contribution in [0.5, 0.6) is 23.0 Å². The number of aromatic hydroxyl groups is 2. The maximum Gasteiger partial charge on any atom is 0.286 e. The number of benzene rings is 5. The van der Waals surface area contributed by atoms with Crippen molar-refractivity contribution in [3.05, 3.63) is 145 Å². The highest BCUT2D eigenvalue weighted by Gasteiger charge is 2.51. The highest BCUT2D eigenvalue weighted by atomic mass is 32.3. The molecule has 17 heteroatoms. The van der Waals surface area contributed by atoms with Gasteiger partial charge in [0.15, 0.2) is 17.8 Å². The smallest absolute Gasteiger partial charge is 0.286 e. The highest BCUT2D eigenvalue weighted by Crippen LogP contribution is 2.65. The second-order valence-corrected chi connectivity index (χ2v) is 21.5. The summed E-state index contributed by atoms with van der Waals surface area (Å²) < 4.78 is 58.6. The summed E-state index contributed by atoms with van der Waals surface area (Å²) in [5, 5.41) is 24.9. The van der Waals surface area contributed by atoms with E-state index in [0.29, 0.717) is 18.1 Å². The molecule has 5 aromatic carbocycles. The van der Waals surface area contributed by atoms with Gasteiger partial charge in [-0.3, -0.25) is 4.79 Å². The van der Waals surface area contributed by atoms with E-state index in [4.69, 9.17) is 18.9 Å². The summed E-state index contributed by atoms with van der Waals surface area (Å²) in [6, 6.07) is 31.9. The average molecular weight is 992 g/mol. The van der Waals surface area contributed by atoms with Gasteiger partial charge in [-0.2, -0.15) is 5.10 Å². The first-order valence-electron chi connectivity index (χ1n) is 24.5. The van der Waals surface area contributed by atoms with E-state index in [-0.39, 0.29) is 54.1 Å². The molecule has 0 spiro atoms. The van der Waals surface area contributed by atoms with Crippen LogP contribution in [0.4, 0.5) is 30.6 Å². The molecule has 0 bridgehead atoms. The van der Waals surface area contributed by atoms with E-state index in [0.717, 1.165) is 78.4 Å². The lowest BCUT2D eigenvalue weighted by molar-refractivity contribution is -0.117. The molecule has 1 aromatic heterocycles. The Labute approximate surface area is 415 Å². The van der Waals surface area contributed by atoms with Crippen molar-refractivity contribution in [3.8, 4) is 23.0 Å². The van der Waals surface area contributed by atoms with Gasteiger partial charge in [0, 0.05) is 71.6 Å². The first kappa shape index (κ1) is 49.4. The summed E-state index contributed by atoms with van der Waals surface area (Å²) in [6.45, 7) is 10.2. The number of hydrogen-bond donors (Lipinski definition) is 3. The maximum absolute atomic E-state index is 15.1. The van der Waals surface area contributed by atoms with E-state index in [1.807, 2.05) is 67.3 Å². The van der Waals surface area contributed by atoms with E-state index in [2.05, 4.69) is 55.8 Å². The largest absolute Gasteiger partial charge is 0.504 e. The standard InChI is InChI=1S/C54H63F2N7O7S/c1-4-5-6-7-8-29-67-44-17-11-41(12-18-44)59-71(33-49(63(38(2)3)53(71)66)39-9-24-50(64)51(65)30-39)46-21-15-43(16-22-46)61-27-25-60(26-28-61)42-13-19-45(20-14-42)68-32-52-69-35-54(70-52,34-62-37-57-36-58-62)47-23-10-40(55)31-48(47)56/h9-24,30-31,36-38,49,52,59,64-65H,4-8,25-29,32-35H2,1-3H3/t49?,52-,54+/m0/s1. The molecule has 3 aliphatic rings. The number of ether oxygens (including phenoxy) is 4. The molecule has 3 fully saturated rings. The molecule has 0 radical (unpaired) electrons. The number of piperazine rings is 1. The van der Waals surface area contributed by atoms with Crippen LogP contribution in [0.2, 0.25) is 0 Å². The number of nitrogens with zero attached hydrogens (tertiary/aromatic N) is 6. The van der Waals surface area contributed by atoms with Crippen LogP contribution in [0.25, 0.3) is 0 Å². The normalized spacial score (nSPS) is 22.2. The van der Waals surface area contributed by atoms with Crippen LogP contribution in [0.15, 0.2) is 127 Å². The van der Waals surface area contributed by atoms with Crippen LogP contribution in [0.3, 0.4) is 0 Å². The molecule has 1 amide bonds. The Hall–Kier alpha value is -6.56. The number of hydrogen-bond acceptors (Lipinski definition) is 12. The van der Waals surface area contributed by atoms with Crippen LogP contribution in [-0.2, 0) is 21.6 Å². The van der Waals surface area contributed by atoms with E-state index in [1.54, 1.807) is 12.1 Å². The lowest BCUT2D eigenvalue weighted by Crippen LogP contribution is -2.46. The van der Waals surface area contributed by atoms with Gasteiger partial charge in [-0.25, -0.2) is 18.4 Å². The molecule has 71 heavy (non-hydrogen) atoms. The number of carbonyl (C=O) groups is 1. The Bertz CT molecular complexity index is 2710. The molecule has 0 aliphatic carbocycles. The molecule has 6 aromatic rings.